The Morgan fingerprint density at radius 1 is 1.05 bits per heavy atom. The highest BCUT2D eigenvalue weighted by molar-refractivity contribution is 6.34. The number of nitrogens with zero attached hydrogens (tertiary/aromatic N) is 2. The van der Waals surface area contributed by atoms with Crippen molar-refractivity contribution in [2.75, 3.05) is 19.8 Å². The average molecular weight is 310 g/mol. The summed E-state index contributed by atoms with van der Waals surface area (Å²) in [6.07, 6.45) is 0. The number of hydrogen-bond donors (Lipinski definition) is 1. The molecule has 1 heterocycles. The third-order valence-electron chi connectivity index (χ3n) is 2.89. The summed E-state index contributed by atoms with van der Waals surface area (Å²) < 4.78 is 11.2. The van der Waals surface area contributed by atoms with Crippen LogP contribution in [0.4, 0.5) is 0 Å². The third-order valence-corrected chi connectivity index (χ3v) is 3.18. The maximum absolute atomic E-state index is 6.27. The highest BCUT2D eigenvalue weighted by Gasteiger charge is 2.12. The van der Waals surface area contributed by atoms with E-state index >= 15 is 0 Å². The van der Waals surface area contributed by atoms with E-state index in [0.29, 0.717) is 42.2 Å². The predicted molar refractivity (Wildman–Crippen MR) is 84.3 cm³/mol. The quantitative estimate of drug-likeness (QED) is 0.796. The van der Waals surface area contributed by atoms with Crippen LogP contribution < -0.4 is 14.8 Å². The molecule has 0 aliphatic rings. The number of hydrogen-bond acceptors (Lipinski definition) is 5. The van der Waals surface area contributed by atoms with Gasteiger partial charge in [-0.3, -0.25) is 0 Å². The topological polar surface area (TPSA) is 56.3 Å². The SMILES string of the molecule is CCNCc1nc(Cl)c2cc(OCC)c(OCC)cc2n1. The molecule has 2 rings (SSSR count). The maximum atomic E-state index is 6.27. The second kappa shape index (κ2) is 7.43. The Labute approximate surface area is 129 Å². The first kappa shape index (κ1) is 15.8. The lowest BCUT2D eigenvalue weighted by atomic mass is 10.2. The van der Waals surface area contributed by atoms with E-state index in [4.69, 9.17) is 21.1 Å². The van der Waals surface area contributed by atoms with E-state index < -0.39 is 0 Å². The van der Waals surface area contributed by atoms with E-state index in [9.17, 15) is 0 Å². The molecule has 0 aliphatic heterocycles. The van der Waals surface area contributed by atoms with E-state index in [1.54, 1.807) is 0 Å². The average Bonchev–Trinajstić information content (AvgIpc) is 2.47. The highest BCUT2D eigenvalue weighted by atomic mass is 35.5. The monoisotopic (exact) mass is 309 g/mol. The molecule has 21 heavy (non-hydrogen) atoms. The van der Waals surface area contributed by atoms with Gasteiger partial charge < -0.3 is 14.8 Å². The normalized spacial score (nSPS) is 10.9. The van der Waals surface area contributed by atoms with E-state index in [1.807, 2.05) is 32.9 Å². The van der Waals surface area contributed by atoms with Crippen molar-refractivity contribution in [3.8, 4) is 11.5 Å². The molecule has 0 saturated heterocycles. The molecule has 1 aromatic carbocycles. The van der Waals surface area contributed by atoms with E-state index in [2.05, 4.69) is 15.3 Å². The van der Waals surface area contributed by atoms with Crippen LogP contribution in [0.2, 0.25) is 5.15 Å². The Morgan fingerprint density at radius 2 is 1.71 bits per heavy atom. The summed E-state index contributed by atoms with van der Waals surface area (Å²) in [5.41, 5.74) is 0.759. The Morgan fingerprint density at radius 3 is 2.33 bits per heavy atom. The Bertz CT molecular complexity index is 619. The molecule has 1 N–H and O–H groups in total. The van der Waals surface area contributed by atoms with Gasteiger partial charge in [-0.25, -0.2) is 9.97 Å². The van der Waals surface area contributed by atoms with Crippen molar-refractivity contribution in [3.63, 3.8) is 0 Å². The molecule has 0 unspecified atom stereocenters. The molecule has 1 aromatic heterocycles. The lowest BCUT2D eigenvalue weighted by Gasteiger charge is -2.13. The van der Waals surface area contributed by atoms with Gasteiger partial charge in [0, 0.05) is 11.5 Å². The summed E-state index contributed by atoms with van der Waals surface area (Å²) in [4.78, 5) is 8.84. The fraction of sp³-hybridized carbons (Fsp3) is 0.467. The van der Waals surface area contributed by atoms with Crippen LogP contribution in [0, 0.1) is 0 Å². The van der Waals surface area contributed by atoms with Crippen LogP contribution in [-0.4, -0.2) is 29.7 Å². The van der Waals surface area contributed by atoms with Crippen molar-refractivity contribution in [2.24, 2.45) is 0 Å². The van der Waals surface area contributed by atoms with Gasteiger partial charge in [-0.1, -0.05) is 18.5 Å². The van der Waals surface area contributed by atoms with Gasteiger partial charge in [0.2, 0.25) is 0 Å². The van der Waals surface area contributed by atoms with Crippen LogP contribution in [0.25, 0.3) is 10.9 Å². The molecule has 0 fully saturated rings. The second-order valence-electron chi connectivity index (χ2n) is 4.39. The zero-order valence-electron chi connectivity index (χ0n) is 12.6. The van der Waals surface area contributed by atoms with Crippen LogP contribution in [-0.2, 0) is 6.54 Å². The van der Waals surface area contributed by atoms with Crippen LogP contribution >= 0.6 is 11.6 Å². The molecule has 0 spiro atoms. The molecule has 0 amide bonds. The lowest BCUT2D eigenvalue weighted by Crippen LogP contribution is -2.14. The summed E-state index contributed by atoms with van der Waals surface area (Å²) >= 11 is 6.27. The summed E-state index contributed by atoms with van der Waals surface area (Å²) in [7, 11) is 0. The molecule has 2 aromatic rings. The number of halogens is 1. The summed E-state index contributed by atoms with van der Waals surface area (Å²) in [5, 5.41) is 4.38. The fourth-order valence-corrected chi connectivity index (χ4v) is 2.25. The molecule has 5 nitrogen and oxygen atoms in total. The van der Waals surface area contributed by atoms with E-state index in [1.165, 1.54) is 0 Å². The van der Waals surface area contributed by atoms with Crippen LogP contribution in [0.5, 0.6) is 11.5 Å². The van der Waals surface area contributed by atoms with Crippen LogP contribution in [0.1, 0.15) is 26.6 Å². The largest absolute Gasteiger partial charge is 0.490 e. The second-order valence-corrected chi connectivity index (χ2v) is 4.75. The van der Waals surface area contributed by atoms with E-state index in [-0.39, 0.29) is 0 Å². The number of benzene rings is 1. The van der Waals surface area contributed by atoms with Gasteiger partial charge in [-0.2, -0.15) is 0 Å². The standard InChI is InChI=1S/C15H20ClN3O2/c1-4-17-9-14-18-11-8-13(21-6-3)12(20-5-2)7-10(11)15(16)19-14/h7-8,17H,4-6,9H2,1-3H3. The third kappa shape index (κ3) is 3.74. The van der Waals surface area contributed by atoms with Gasteiger partial charge in [0.15, 0.2) is 11.5 Å². The van der Waals surface area contributed by atoms with Crippen LogP contribution in [0.3, 0.4) is 0 Å². The Kier molecular flexibility index (Phi) is 5.59. The number of ether oxygens (including phenoxy) is 2. The minimum atomic E-state index is 0.428. The summed E-state index contributed by atoms with van der Waals surface area (Å²) in [6, 6.07) is 3.69. The van der Waals surface area contributed by atoms with Gasteiger partial charge >= 0.3 is 0 Å². The number of fused-ring (bicyclic) bond motifs is 1. The molecule has 0 radical (unpaired) electrons. The smallest absolute Gasteiger partial charge is 0.163 e. The molecule has 0 aliphatic carbocycles. The van der Waals surface area contributed by atoms with Gasteiger partial charge in [0.1, 0.15) is 11.0 Å². The van der Waals surface area contributed by atoms with Gasteiger partial charge in [-0.15, -0.1) is 0 Å². The van der Waals surface area contributed by atoms with Gasteiger partial charge in [0.25, 0.3) is 0 Å². The number of rotatable bonds is 7. The molecule has 0 bridgehead atoms. The predicted octanol–water partition coefficient (Wildman–Crippen LogP) is 3.19. The minimum absolute atomic E-state index is 0.428. The first-order valence-electron chi connectivity index (χ1n) is 7.16. The number of nitrogens with one attached hydrogen (secondary N) is 1. The Hall–Kier alpha value is -1.59. The van der Waals surface area contributed by atoms with Crippen molar-refractivity contribution in [1.29, 1.82) is 0 Å². The van der Waals surface area contributed by atoms with Gasteiger partial charge in [0.05, 0.1) is 25.3 Å². The van der Waals surface area contributed by atoms with Crippen molar-refractivity contribution in [1.82, 2.24) is 15.3 Å². The number of aromatic nitrogens is 2. The minimum Gasteiger partial charge on any atom is -0.490 e. The van der Waals surface area contributed by atoms with Crippen LogP contribution in [0.15, 0.2) is 12.1 Å². The van der Waals surface area contributed by atoms with Crippen molar-refractivity contribution in [2.45, 2.75) is 27.3 Å². The molecule has 0 atom stereocenters. The van der Waals surface area contributed by atoms with Crippen molar-refractivity contribution >= 4 is 22.5 Å². The summed E-state index contributed by atoms with van der Waals surface area (Å²) in [5.74, 6) is 2.01. The van der Waals surface area contributed by atoms with Gasteiger partial charge in [-0.05, 0) is 26.5 Å². The molecule has 114 valence electrons. The Balaban J connectivity index is 2.49. The maximum Gasteiger partial charge on any atom is 0.163 e. The van der Waals surface area contributed by atoms with Crippen molar-refractivity contribution < 1.29 is 9.47 Å². The molecule has 0 saturated carbocycles. The summed E-state index contributed by atoms with van der Waals surface area (Å²) in [6.45, 7) is 8.46. The molecule has 6 heteroatoms. The lowest BCUT2D eigenvalue weighted by molar-refractivity contribution is 0.288. The highest BCUT2D eigenvalue weighted by Crippen LogP contribution is 2.34. The zero-order valence-corrected chi connectivity index (χ0v) is 13.3. The zero-order chi connectivity index (χ0) is 15.2. The molecular weight excluding hydrogens is 290 g/mol. The molecular formula is C15H20ClN3O2. The van der Waals surface area contributed by atoms with Crippen molar-refractivity contribution in [3.05, 3.63) is 23.1 Å². The first-order chi connectivity index (χ1) is 10.2. The first-order valence-corrected chi connectivity index (χ1v) is 7.53. The fourth-order valence-electron chi connectivity index (χ4n) is 2.00. The van der Waals surface area contributed by atoms with E-state index in [0.717, 1.165) is 17.4 Å².